The molecule has 14 heavy (non-hydrogen) atoms. The van der Waals surface area contributed by atoms with E-state index in [-0.39, 0.29) is 0 Å². The lowest BCUT2D eigenvalue weighted by atomic mass is 9.93. The third kappa shape index (κ3) is 1.86. The Morgan fingerprint density at radius 1 is 1.43 bits per heavy atom. The predicted octanol–water partition coefficient (Wildman–Crippen LogP) is 2.46. The van der Waals surface area contributed by atoms with E-state index in [0.717, 1.165) is 25.3 Å². The van der Waals surface area contributed by atoms with Gasteiger partial charge in [-0.05, 0) is 24.0 Å². The second-order valence-corrected chi connectivity index (χ2v) is 4.65. The number of hydrogen-bond donors (Lipinski definition) is 0. The molecule has 0 amide bonds. The first kappa shape index (κ1) is 9.44. The Kier molecular flexibility index (Phi) is 2.17. The van der Waals surface area contributed by atoms with E-state index in [1.807, 2.05) is 6.07 Å². The summed E-state index contributed by atoms with van der Waals surface area (Å²) in [7, 11) is 0. The van der Waals surface area contributed by atoms with Gasteiger partial charge in [0.25, 0.3) is 0 Å². The van der Waals surface area contributed by atoms with Crippen LogP contribution in [0.1, 0.15) is 20.3 Å². The van der Waals surface area contributed by atoms with Crippen molar-refractivity contribution in [3.8, 4) is 0 Å². The second kappa shape index (κ2) is 3.23. The number of pyridine rings is 1. The van der Waals surface area contributed by atoms with Gasteiger partial charge >= 0.3 is 0 Å². The fraction of sp³-hybridized carbons (Fsp3) is 0.545. The maximum absolute atomic E-state index is 12.9. The Hall–Kier alpha value is -1.12. The maximum Gasteiger partial charge on any atom is 0.214 e. The monoisotopic (exact) mass is 194 g/mol. The number of hydrogen-bond acceptors (Lipinski definition) is 2. The molecule has 1 aromatic heterocycles. The Balaban J connectivity index is 2.17. The Bertz CT molecular complexity index is 336. The van der Waals surface area contributed by atoms with E-state index in [1.165, 1.54) is 6.07 Å². The van der Waals surface area contributed by atoms with Gasteiger partial charge in [0.1, 0.15) is 5.82 Å². The van der Waals surface area contributed by atoms with Crippen molar-refractivity contribution in [2.45, 2.75) is 20.3 Å². The summed E-state index contributed by atoms with van der Waals surface area (Å²) in [6.45, 7) is 6.39. The first-order chi connectivity index (χ1) is 6.57. The molecule has 0 unspecified atom stereocenters. The molecular weight excluding hydrogens is 179 g/mol. The molecule has 2 nitrogen and oxygen atoms in total. The fourth-order valence-electron chi connectivity index (χ4n) is 1.88. The van der Waals surface area contributed by atoms with E-state index in [9.17, 15) is 4.39 Å². The first-order valence-electron chi connectivity index (χ1n) is 4.94. The molecule has 1 saturated heterocycles. The van der Waals surface area contributed by atoms with Crippen LogP contribution in [0, 0.1) is 11.4 Å². The average Bonchev–Trinajstić information content (AvgIpc) is 2.46. The molecule has 1 fully saturated rings. The number of aromatic nitrogens is 1. The van der Waals surface area contributed by atoms with E-state index in [1.54, 1.807) is 6.07 Å². The van der Waals surface area contributed by atoms with Crippen LogP contribution in [0.25, 0.3) is 0 Å². The van der Waals surface area contributed by atoms with E-state index in [4.69, 9.17) is 0 Å². The molecule has 0 aliphatic carbocycles. The highest BCUT2D eigenvalue weighted by molar-refractivity contribution is 5.39. The Morgan fingerprint density at radius 3 is 2.79 bits per heavy atom. The molecular formula is C11H15FN2. The lowest BCUT2D eigenvalue weighted by Gasteiger charge is -2.20. The molecule has 1 aliphatic rings. The minimum Gasteiger partial charge on any atom is -0.356 e. The smallest absolute Gasteiger partial charge is 0.214 e. The quantitative estimate of drug-likeness (QED) is 0.638. The highest BCUT2D eigenvalue weighted by atomic mass is 19.1. The normalized spacial score (nSPS) is 20.1. The van der Waals surface area contributed by atoms with Crippen LogP contribution in [0.2, 0.25) is 0 Å². The van der Waals surface area contributed by atoms with Crippen molar-refractivity contribution in [3.63, 3.8) is 0 Å². The van der Waals surface area contributed by atoms with Crippen LogP contribution in [-0.2, 0) is 0 Å². The molecule has 0 saturated carbocycles. The average molecular weight is 194 g/mol. The van der Waals surface area contributed by atoms with Crippen LogP contribution < -0.4 is 4.90 Å². The molecule has 2 rings (SSSR count). The topological polar surface area (TPSA) is 16.1 Å². The van der Waals surface area contributed by atoms with Gasteiger partial charge in [-0.3, -0.25) is 0 Å². The van der Waals surface area contributed by atoms with Gasteiger partial charge in [-0.15, -0.1) is 0 Å². The van der Waals surface area contributed by atoms with Gasteiger partial charge in [0.05, 0.1) is 0 Å². The number of halogens is 1. The molecule has 1 aromatic rings. The summed E-state index contributed by atoms with van der Waals surface area (Å²) >= 11 is 0. The summed E-state index contributed by atoms with van der Waals surface area (Å²) in [6.07, 6.45) is 1.14. The minimum absolute atomic E-state index is 0.327. The SMILES string of the molecule is CC1(C)CCN(c2cccc(F)n2)C1. The van der Waals surface area contributed by atoms with Gasteiger partial charge in [0.15, 0.2) is 0 Å². The molecule has 0 radical (unpaired) electrons. The minimum atomic E-state index is -0.396. The van der Waals surface area contributed by atoms with Gasteiger partial charge in [0, 0.05) is 13.1 Å². The van der Waals surface area contributed by atoms with Crippen molar-refractivity contribution < 1.29 is 4.39 Å². The van der Waals surface area contributed by atoms with E-state index in [0.29, 0.717) is 5.41 Å². The van der Waals surface area contributed by atoms with Crippen molar-refractivity contribution in [2.75, 3.05) is 18.0 Å². The highest BCUT2D eigenvalue weighted by Gasteiger charge is 2.29. The van der Waals surface area contributed by atoms with Crippen molar-refractivity contribution in [3.05, 3.63) is 24.1 Å². The van der Waals surface area contributed by atoms with Crippen molar-refractivity contribution >= 4 is 5.82 Å². The van der Waals surface area contributed by atoms with Gasteiger partial charge < -0.3 is 4.90 Å². The highest BCUT2D eigenvalue weighted by Crippen LogP contribution is 2.31. The van der Waals surface area contributed by atoms with Crippen LogP contribution in [0.4, 0.5) is 10.2 Å². The summed E-state index contributed by atoms with van der Waals surface area (Å²) < 4.78 is 12.9. The van der Waals surface area contributed by atoms with Crippen molar-refractivity contribution in [2.24, 2.45) is 5.41 Å². The molecule has 3 heteroatoms. The molecule has 2 heterocycles. The number of nitrogens with zero attached hydrogens (tertiary/aromatic N) is 2. The lowest BCUT2D eigenvalue weighted by molar-refractivity contribution is 0.418. The molecule has 76 valence electrons. The second-order valence-electron chi connectivity index (χ2n) is 4.65. The standard InChI is InChI=1S/C11H15FN2/c1-11(2)6-7-14(8-11)10-5-3-4-9(12)13-10/h3-5H,6-8H2,1-2H3. The Morgan fingerprint density at radius 2 is 2.21 bits per heavy atom. The molecule has 0 aromatic carbocycles. The van der Waals surface area contributed by atoms with Crippen LogP contribution in [0.5, 0.6) is 0 Å². The summed E-state index contributed by atoms with van der Waals surface area (Å²) in [5.41, 5.74) is 0.327. The predicted molar refractivity (Wildman–Crippen MR) is 54.8 cm³/mol. The molecule has 0 N–H and O–H groups in total. The van der Waals surface area contributed by atoms with Crippen LogP contribution >= 0.6 is 0 Å². The zero-order valence-corrected chi connectivity index (χ0v) is 8.63. The van der Waals surface area contributed by atoms with Gasteiger partial charge in [-0.2, -0.15) is 4.39 Å². The number of anilines is 1. The molecule has 0 atom stereocenters. The van der Waals surface area contributed by atoms with Crippen molar-refractivity contribution in [1.29, 1.82) is 0 Å². The van der Waals surface area contributed by atoms with Gasteiger partial charge in [0.2, 0.25) is 5.95 Å². The Labute approximate surface area is 83.8 Å². The zero-order valence-electron chi connectivity index (χ0n) is 8.63. The lowest BCUT2D eigenvalue weighted by Crippen LogP contribution is -2.23. The zero-order chi connectivity index (χ0) is 10.2. The fourth-order valence-corrected chi connectivity index (χ4v) is 1.88. The maximum atomic E-state index is 12.9. The van der Waals surface area contributed by atoms with Gasteiger partial charge in [-0.1, -0.05) is 19.9 Å². The summed E-state index contributed by atoms with van der Waals surface area (Å²) in [6, 6.07) is 4.96. The van der Waals surface area contributed by atoms with Crippen LogP contribution in [-0.4, -0.2) is 18.1 Å². The van der Waals surface area contributed by atoms with E-state index >= 15 is 0 Å². The molecule has 1 aliphatic heterocycles. The summed E-state index contributed by atoms with van der Waals surface area (Å²) in [4.78, 5) is 6.02. The first-order valence-corrected chi connectivity index (χ1v) is 4.94. The third-order valence-electron chi connectivity index (χ3n) is 2.70. The number of rotatable bonds is 1. The summed E-state index contributed by atoms with van der Waals surface area (Å²) in [5, 5.41) is 0. The molecule has 0 spiro atoms. The molecule has 0 bridgehead atoms. The van der Waals surface area contributed by atoms with E-state index in [2.05, 4.69) is 23.7 Å². The van der Waals surface area contributed by atoms with Gasteiger partial charge in [-0.25, -0.2) is 4.98 Å². The summed E-state index contributed by atoms with van der Waals surface area (Å²) in [5.74, 6) is 0.364. The van der Waals surface area contributed by atoms with Crippen molar-refractivity contribution in [1.82, 2.24) is 4.98 Å². The van der Waals surface area contributed by atoms with Crippen LogP contribution in [0.3, 0.4) is 0 Å². The van der Waals surface area contributed by atoms with Crippen LogP contribution in [0.15, 0.2) is 18.2 Å². The third-order valence-corrected chi connectivity index (χ3v) is 2.70. The largest absolute Gasteiger partial charge is 0.356 e. The van der Waals surface area contributed by atoms with E-state index < -0.39 is 5.95 Å².